The molecule has 0 aliphatic rings. The van der Waals surface area contributed by atoms with Gasteiger partial charge in [-0.2, -0.15) is 0 Å². The maximum absolute atomic E-state index is 11.8. The van der Waals surface area contributed by atoms with Gasteiger partial charge in [0.2, 0.25) is 0 Å². The van der Waals surface area contributed by atoms with Gasteiger partial charge in [0.05, 0.1) is 0 Å². The Bertz CT molecular complexity index is 936. The second-order valence-corrected chi connectivity index (χ2v) is 4.92. The van der Waals surface area contributed by atoms with E-state index in [9.17, 15) is 9.59 Å². The number of nitrogens with zero attached hydrogens (tertiary/aromatic N) is 2. The minimum Gasteiger partial charge on any atom is -0.332 e. The quantitative estimate of drug-likeness (QED) is 0.714. The van der Waals surface area contributed by atoms with Gasteiger partial charge >= 0.3 is 5.69 Å². The van der Waals surface area contributed by atoms with Crippen LogP contribution in [-0.2, 0) is 7.05 Å². The van der Waals surface area contributed by atoms with Crippen LogP contribution < -0.4 is 11.2 Å². The van der Waals surface area contributed by atoms with Crippen LogP contribution in [0.1, 0.15) is 5.56 Å². The molecule has 3 rings (SSSR count). The molecule has 7 heteroatoms. The first-order valence-electron chi connectivity index (χ1n) is 5.93. The maximum Gasteiger partial charge on any atom is 0.329 e. The maximum atomic E-state index is 11.8. The van der Waals surface area contributed by atoms with Gasteiger partial charge in [-0.25, -0.2) is 9.78 Å². The van der Waals surface area contributed by atoms with Gasteiger partial charge in [0.25, 0.3) is 5.56 Å². The standard InChI is InChI=1S/C13H11ClN4O2/c1-6-7(4-3-5-8(6)14)10-15-9-11(16-10)18(2)13(20)17-12(9)19/h3-5H,1-2H3,(H,15,16)(H,17,19,20). The first-order chi connectivity index (χ1) is 9.49. The number of imidazole rings is 1. The van der Waals surface area contributed by atoms with Crippen LogP contribution in [0.25, 0.3) is 22.6 Å². The summed E-state index contributed by atoms with van der Waals surface area (Å²) in [6, 6.07) is 5.44. The highest BCUT2D eigenvalue weighted by atomic mass is 35.5. The van der Waals surface area contributed by atoms with Crippen LogP contribution in [0.2, 0.25) is 5.02 Å². The van der Waals surface area contributed by atoms with E-state index in [1.807, 2.05) is 13.0 Å². The van der Waals surface area contributed by atoms with E-state index in [1.165, 1.54) is 4.57 Å². The van der Waals surface area contributed by atoms with Crippen molar-refractivity contribution in [2.45, 2.75) is 6.92 Å². The lowest BCUT2D eigenvalue weighted by molar-refractivity contribution is 0.832. The van der Waals surface area contributed by atoms with Gasteiger partial charge in [0.1, 0.15) is 11.3 Å². The largest absolute Gasteiger partial charge is 0.332 e. The smallest absolute Gasteiger partial charge is 0.329 e. The summed E-state index contributed by atoms with van der Waals surface area (Å²) in [7, 11) is 1.55. The minimum absolute atomic E-state index is 0.265. The lowest BCUT2D eigenvalue weighted by atomic mass is 10.1. The Morgan fingerprint density at radius 1 is 1.25 bits per heavy atom. The summed E-state index contributed by atoms with van der Waals surface area (Å²) in [5.74, 6) is 0.506. The summed E-state index contributed by atoms with van der Waals surface area (Å²) in [5, 5.41) is 0.616. The molecule has 0 unspecified atom stereocenters. The van der Waals surface area contributed by atoms with Crippen molar-refractivity contribution >= 4 is 22.8 Å². The average molecular weight is 291 g/mol. The van der Waals surface area contributed by atoms with Crippen molar-refractivity contribution in [2.24, 2.45) is 7.05 Å². The molecule has 0 saturated heterocycles. The van der Waals surface area contributed by atoms with Crippen LogP contribution in [0.15, 0.2) is 27.8 Å². The number of benzene rings is 1. The van der Waals surface area contributed by atoms with Crippen molar-refractivity contribution in [1.29, 1.82) is 0 Å². The Morgan fingerprint density at radius 3 is 2.75 bits per heavy atom. The Balaban J connectivity index is 2.37. The topological polar surface area (TPSA) is 83.5 Å². The molecule has 0 saturated carbocycles. The van der Waals surface area contributed by atoms with E-state index >= 15 is 0 Å². The molecular weight excluding hydrogens is 280 g/mol. The lowest BCUT2D eigenvalue weighted by Gasteiger charge is -2.03. The first-order valence-corrected chi connectivity index (χ1v) is 6.31. The first kappa shape index (κ1) is 12.7. The molecule has 0 atom stereocenters. The minimum atomic E-state index is -0.497. The highest BCUT2D eigenvalue weighted by Gasteiger charge is 2.14. The third-order valence-electron chi connectivity index (χ3n) is 3.28. The van der Waals surface area contributed by atoms with Crippen LogP contribution in [-0.4, -0.2) is 19.5 Å². The monoisotopic (exact) mass is 290 g/mol. The molecule has 2 heterocycles. The van der Waals surface area contributed by atoms with Gasteiger partial charge < -0.3 is 4.98 Å². The zero-order valence-electron chi connectivity index (χ0n) is 10.8. The number of nitrogens with one attached hydrogen (secondary N) is 2. The van der Waals surface area contributed by atoms with Gasteiger partial charge in [-0.05, 0) is 18.6 Å². The van der Waals surface area contributed by atoms with Gasteiger partial charge in [0, 0.05) is 17.6 Å². The molecule has 0 fully saturated rings. The van der Waals surface area contributed by atoms with Crippen molar-refractivity contribution < 1.29 is 0 Å². The molecule has 0 aliphatic carbocycles. The summed E-state index contributed by atoms with van der Waals surface area (Å²) >= 11 is 6.09. The fourth-order valence-corrected chi connectivity index (χ4v) is 2.27. The van der Waals surface area contributed by atoms with Gasteiger partial charge in [-0.3, -0.25) is 14.3 Å². The molecule has 0 aliphatic heterocycles. The summed E-state index contributed by atoms with van der Waals surface area (Å²) in [5.41, 5.74) is 1.25. The number of H-pyrrole nitrogens is 2. The molecule has 1 aromatic carbocycles. The average Bonchev–Trinajstić information content (AvgIpc) is 2.85. The predicted molar refractivity (Wildman–Crippen MR) is 77.1 cm³/mol. The third kappa shape index (κ3) is 1.77. The zero-order valence-corrected chi connectivity index (χ0v) is 11.6. The Hall–Kier alpha value is -2.34. The molecule has 0 amide bonds. The number of hydrogen-bond acceptors (Lipinski definition) is 3. The summed E-state index contributed by atoms with van der Waals surface area (Å²) in [6.45, 7) is 1.87. The van der Waals surface area contributed by atoms with E-state index < -0.39 is 11.2 Å². The van der Waals surface area contributed by atoms with Gasteiger partial charge in [0.15, 0.2) is 5.65 Å². The molecule has 20 heavy (non-hydrogen) atoms. The van der Waals surface area contributed by atoms with E-state index in [-0.39, 0.29) is 5.52 Å². The van der Waals surface area contributed by atoms with E-state index in [4.69, 9.17) is 11.6 Å². The Kier molecular flexibility index (Phi) is 2.76. The molecule has 0 bridgehead atoms. The van der Waals surface area contributed by atoms with Crippen molar-refractivity contribution in [3.63, 3.8) is 0 Å². The number of aryl methyl sites for hydroxylation is 1. The Labute approximate surface area is 118 Å². The van der Waals surface area contributed by atoms with Crippen LogP contribution in [0.3, 0.4) is 0 Å². The third-order valence-corrected chi connectivity index (χ3v) is 3.69. The highest BCUT2D eigenvalue weighted by Crippen LogP contribution is 2.26. The van der Waals surface area contributed by atoms with Crippen LogP contribution in [0.4, 0.5) is 0 Å². The van der Waals surface area contributed by atoms with Crippen molar-refractivity contribution in [1.82, 2.24) is 19.5 Å². The van der Waals surface area contributed by atoms with Crippen molar-refractivity contribution in [3.8, 4) is 11.4 Å². The van der Waals surface area contributed by atoms with Crippen LogP contribution in [0.5, 0.6) is 0 Å². The molecule has 3 aromatic rings. The number of fused-ring (bicyclic) bond motifs is 1. The summed E-state index contributed by atoms with van der Waals surface area (Å²) < 4.78 is 1.29. The molecule has 102 valence electrons. The molecular formula is C13H11ClN4O2. The molecule has 2 N–H and O–H groups in total. The second-order valence-electron chi connectivity index (χ2n) is 4.51. The van der Waals surface area contributed by atoms with E-state index in [0.29, 0.717) is 16.5 Å². The number of rotatable bonds is 1. The number of aromatic nitrogens is 4. The van der Waals surface area contributed by atoms with Gasteiger partial charge in [-0.1, -0.05) is 23.7 Å². The van der Waals surface area contributed by atoms with E-state index in [1.54, 1.807) is 19.2 Å². The lowest BCUT2D eigenvalue weighted by Crippen LogP contribution is -2.28. The number of hydrogen-bond donors (Lipinski definition) is 2. The fraction of sp³-hybridized carbons (Fsp3) is 0.154. The highest BCUT2D eigenvalue weighted by molar-refractivity contribution is 6.31. The summed E-state index contributed by atoms with van der Waals surface area (Å²) in [4.78, 5) is 32.8. The van der Waals surface area contributed by atoms with Crippen molar-refractivity contribution in [3.05, 3.63) is 49.6 Å². The molecule has 2 aromatic heterocycles. The number of halogens is 1. The SMILES string of the molecule is Cc1c(Cl)cccc1-c1nc2c([nH]1)c(=O)[nH]c(=O)n2C. The molecule has 0 radical (unpaired) electrons. The predicted octanol–water partition coefficient (Wildman–Crippen LogP) is 1.58. The second kappa shape index (κ2) is 4.35. The fourth-order valence-electron chi connectivity index (χ4n) is 2.10. The van der Waals surface area contributed by atoms with E-state index in [0.717, 1.165) is 11.1 Å². The van der Waals surface area contributed by atoms with Crippen molar-refractivity contribution in [2.75, 3.05) is 0 Å². The zero-order chi connectivity index (χ0) is 14.4. The normalized spacial score (nSPS) is 11.2. The summed E-state index contributed by atoms with van der Waals surface area (Å²) in [6.07, 6.45) is 0. The van der Waals surface area contributed by atoms with Crippen LogP contribution >= 0.6 is 11.6 Å². The van der Waals surface area contributed by atoms with Crippen LogP contribution in [0, 0.1) is 6.92 Å². The van der Waals surface area contributed by atoms with E-state index in [2.05, 4.69) is 15.0 Å². The molecule has 0 spiro atoms. The Morgan fingerprint density at radius 2 is 2.00 bits per heavy atom. The van der Waals surface area contributed by atoms with Gasteiger partial charge in [-0.15, -0.1) is 0 Å². The number of aromatic amines is 2. The molecule has 6 nitrogen and oxygen atoms in total.